The third-order valence-corrected chi connectivity index (χ3v) is 2.55. The SMILES string of the molecule is Oc1c[nH]c2ccc3ccccc3c12. The molecule has 2 N–H and O–H groups in total. The molecule has 0 atom stereocenters. The molecule has 2 nitrogen and oxygen atoms in total. The van der Waals surface area contributed by atoms with Gasteiger partial charge in [-0.05, 0) is 16.8 Å². The van der Waals surface area contributed by atoms with E-state index >= 15 is 0 Å². The second-order valence-corrected chi connectivity index (χ2v) is 3.38. The van der Waals surface area contributed by atoms with Crippen LogP contribution in [0.5, 0.6) is 5.75 Å². The third kappa shape index (κ3) is 0.852. The lowest BCUT2D eigenvalue weighted by atomic mass is 10.1. The Labute approximate surface area is 80.8 Å². The Bertz CT molecular complexity index is 610. The number of fused-ring (bicyclic) bond motifs is 3. The molecular weight excluding hydrogens is 174 g/mol. The molecule has 0 spiro atoms. The first-order chi connectivity index (χ1) is 6.86. The Morgan fingerprint density at radius 2 is 1.86 bits per heavy atom. The van der Waals surface area contributed by atoms with Crippen LogP contribution in [0.3, 0.4) is 0 Å². The highest BCUT2D eigenvalue weighted by molar-refractivity contribution is 6.09. The molecule has 0 unspecified atom stereocenters. The second kappa shape index (κ2) is 2.51. The molecular formula is C12H9NO. The van der Waals surface area contributed by atoms with Crippen molar-refractivity contribution in [3.8, 4) is 5.75 Å². The summed E-state index contributed by atoms with van der Waals surface area (Å²) in [6.45, 7) is 0. The molecule has 0 saturated heterocycles. The molecule has 0 fully saturated rings. The van der Waals surface area contributed by atoms with E-state index in [-0.39, 0.29) is 0 Å². The number of hydrogen-bond donors (Lipinski definition) is 2. The van der Waals surface area contributed by atoms with Crippen molar-refractivity contribution in [2.75, 3.05) is 0 Å². The standard InChI is InChI=1S/C12H9NO/c14-11-7-13-10-6-5-8-3-1-2-4-9(8)12(10)11/h1-7,13-14H. The van der Waals surface area contributed by atoms with Gasteiger partial charge in [0.15, 0.2) is 0 Å². The normalized spacial score (nSPS) is 11.1. The lowest BCUT2D eigenvalue weighted by Crippen LogP contribution is -1.73. The molecule has 0 saturated carbocycles. The van der Waals surface area contributed by atoms with E-state index in [1.807, 2.05) is 36.4 Å². The van der Waals surface area contributed by atoms with Gasteiger partial charge in [-0.2, -0.15) is 0 Å². The number of H-pyrrole nitrogens is 1. The van der Waals surface area contributed by atoms with E-state index in [9.17, 15) is 5.11 Å². The first kappa shape index (κ1) is 7.44. The van der Waals surface area contributed by atoms with Crippen LogP contribution in [0, 0.1) is 0 Å². The van der Waals surface area contributed by atoms with Crippen LogP contribution in [-0.4, -0.2) is 10.1 Å². The molecule has 68 valence electrons. The van der Waals surface area contributed by atoms with Gasteiger partial charge in [-0.3, -0.25) is 0 Å². The van der Waals surface area contributed by atoms with Gasteiger partial charge in [0.05, 0.1) is 0 Å². The number of aromatic hydroxyl groups is 1. The fourth-order valence-electron chi connectivity index (χ4n) is 1.89. The molecule has 14 heavy (non-hydrogen) atoms. The van der Waals surface area contributed by atoms with Crippen molar-refractivity contribution in [1.29, 1.82) is 0 Å². The predicted molar refractivity (Wildman–Crippen MR) is 57.5 cm³/mol. The predicted octanol–water partition coefficient (Wildman–Crippen LogP) is 3.03. The van der Waals surface area contributed by atoms with Crippen LogP contribution in [0.4, 0.5) is 0 Å². The summed E-state index contributed by atoms with van der Waals surface area (Å²) in [5.41, 5.74) is 0.973. The lowest BCUT2D eigenvalue weighted by Gasteiger charge is -1.99. The van der Waals surface area contributed by atoms with E-state index in [4.69, 9.17) is 0 Å². The van der Waals surface area contributed by atoms with Crippen molar-refractivity contribution in [2.24, 2.45) is 0 Å². The van der Waals surface area contributed by atoms with Crippen molar-refractivity contribution in [3.63, 3.8) is 0 Å². The van der Waals surface area contributed by atoms with Gasteiger partial charge in [0, 0.05) is 17.1 Å². The maximum absolute atomic E-state index is 9.68. The largest absolute Gasteiger partial charge is 0.506 e. The van der Waals surface area contributed by atoms with Gasteiger partial charge in [-0.15, -0.1) is 0 Å². The average molecular weight is 183 g/mol. The molecule has 0 aliphatic rings. The van der Waals surface area contributed by atoms with Gasteiger partial charge in [-0.1, -0.05) is 30.3 Å². The summed E-state index contributed by atoms with van der Waals surface area (Å²) >= 11 is 0. The van der Waals surface area contributed by atoms with Crippen LogP contribution >= 0.6 is 0 Å². The quantitative estimate of drug-likeness (QED) is 0.552. The lowest BCUT2D eigenvalue weighted by molar-refractivity contribution is 0.482. The average Bonchev–Trinajstić information content (AvgIpc) is 2.61. The van der Waals surface area contributed by atoms with Crippen molar-refractivity contribution in [3.05, 3.63) is 42.6 Å². The van der Waals surface area contributed by atoms with E-state index in [0.29, 0.717) is 5.75 Å². The van der Waals surface area contributed by atoms with Crippen LogP contribution < -0.4 is 0 Å². The molecule has 2 heteroatoms. The monoisotopic (exact) mass is 183 g/mol. The van der Waals surface area contributed by atoms with Crippen LogP contribution in [0.25, 0.3) is 21.7 Å². The number of aromatic nitrogens is 1. The minimum absolute atomic E-state index is 0.316. The summed E-state index contributed by atoms with van der Waals surface area (Å²) in [5.74, 6) is 0.316. The molecule has 0 aliphatic carbocycles. The molecule has 3 aromatic rings. The summed E-state index contributed by atoms with van der Waals surface area (Å²) in [6.07, 6.45) is 1.62. The number of hydrogen-bond acceptors (Lipinski definition) is 1. The van der Waals surface area contributed by atoms with Crippen molar-refractivity contribution < 1.29 is 5.11 Å². The highest BCUT2D eigenvalue weighted by Crippen LogP contribution is 2.31. The number of nitrogens with one attached hydrogen (secondary N) is 1. The van der Waals surface area contributed by atoms with Gasteiger partial charge >= 0.3 is 0 Å². The molecule has 0 aliphatic heterocycles. The maximum atomic E-state index is 9.68. The smallest absolute Gasteiger partial charge is 0.141 e. The van der Waals surface area contributed by atoms with Crippen molar-refractivity contribution >= 4 is 21.7 Å². The van der Waals surface area contributed by atoms with E-state index in [1.165, 1.54) is 0 Å². The fraction of sp³-hybridized carbons (Fsp3) is 0. The van der Waals surface area contributed by atoms with Crippen molar-refractivity contribution in [2.45, 2.75) is 0 Å². The Balaban J connectivity index is 2.65. The highest BCUT2D eigenvalue weighted by Gasteiger charge is 2.05. The van der Waals surface area contributed by atoms with Crippen LogP contribution in [0.1, 0.15) is 0 Å². The minimum atomic E-state index is 0.316. The number of aromatic amines is 1. The summed E-state index contributed by atoms with van der Waals surface area (Å²) in [6, 6.07) is 12.1. The first-order valence-corrected chi connectivity index (χ1v) is 4.54. The number of rotatable bonds is 0. The summed E-state index contributed by atoms with van der Waals surface area (Å²) in [7, 11) is 0. The summed E-state index contributed by atoms with van der Waals surface area (Å²) < 4.78 is 0. The van der Waals surface area contributed by atoms with Gasteiger partial charge in [-0.25, -0.2) is 0 Å². The van der Waals surface area contributed by atoms with Gasteiger partial charge < -0.3 is 10.1 Å². The van der Waals surface area contributed by atoms with E-state index in [2.05, 4.69) is 4.98 Å². The third-order valence-electron chi connectivity index (χ3n) is 2.55. The zero-order valence-electron chi connectivity index (χ0n) is 7.49. The Morgan fingerprint density at radius 3 is 2.79 bits per heavy atom. The van der Waals surface area contributed by atoms with Crippen LogP contribution in [0.2, 0.25) is 0 Å². The van der Waals surface area contributed by atoms with Crippen LogP contribution in [0.15, 0.2) is 42.6 Å². The molecule has 0 bridgehead atoms. The first-order valence-electron chi connectivity index (χ1n) is 4.54. The van der Waals surface area contributed by atoms with E-state index < -0.39 is 0 Å². The highest BCUT2D eigenvalue weighted by atomic mass is 16.3. The maximum Gasteiger partial charge on any atom is 0.141 e. The van der Waals surface area contributed by atoms with Gasteiger partial charge in [0.1, 0.15) is 5.75 Å². The summed E-state index contributed by atoms with van der Waals surface area (Å²) in [4.78, 5) is 3.03. The molecule has 2 aromatic carbocycles. The zero-order chi connectivity index (χ0) is 9.54. The van der Waals surface area contributed by atoms with Crippen LogP contribution in [-0.2, 0) is 0 Å². The molecule has 1 aromatic heterocycles. The fourth-order valence-corrected chi connectivity index (χ4v) is 1.89. The molecule has 1 heterocycles. The minimum Gasteiger partial charge on any atom is -0.506 e. The van der Waals surface area contributed by atoms with E-state index in [0.717, 1.165) is 21.7 Å². The molecule has 0 radical (unpaired) electrons. The van der Waals surface area contributed by atoms with Crippen molar-refractivity contribution in [1.82, 2.24) is 4.98 Å². The molecule has 0 amide bonds. The van der Waals surface area contributed by atoms with Gasteiger partial charge in [0.25, 0.3) is 0 Å². The van der Waals surface area contributed by atoms with Gasteiger partial charge in [0.2, 0.25) is 0 Å². The zero-order valence-corrected chi connectivity index (χ0v) is 7.49. The second-order valence-electron chi connectivity index (χ2n) is 3.38. The Morgan fingerprint density at radius 1 is 1.00 bits per heavy atom. The topological polar surface area (TPSA) is 36.0 Å². The number of benzene rings is 2. The summed E-state index contributed by atoms with van der Waals surface area (Å²) in [5, 5.41) is 12.8. The Hall–Kier alpha value is -1.96. The molecule has 3 rings (SSSR count). The Kier molecular flexibility index (Phi) is 1.34. The van der Waals surface area contributed by atoms with E-state index in [1.54, 1.807) is 6.20 Å².